The van der Waals surface area contributed by atoms with Gasteiger partial charge in [0.25, 0.3) is 11.8 Å². The number of phenolic OH excluding ortho intramolecular Hbond substituents is 2. The van der Waals surface area contributed by atoms with Crippen molar-refractivity contribution in [1.29, 1.82) is 0 Å². The van der Waals surface area contributed by atoms with Gasteiger partial charge in [-0.3, -0.25) is 19.7 Å². The summed E-state index contributed by atoms with van der Waals surface area (Å²) in [4.78, 5) is 35.7. The highest BCUT2D eigenvalue weighted by molar-refractivity contribution is 6.06. The number of hydrogen-bond acceptors (Lipinski definition) is 7. The number of aromatic hydroxyl groups is 2. The van der Waals surface area contributed by atoms with Gasteiger partial charge >= 0.3 is 5.69 Å². The molecule has 0 unspecified atom stereocenters. The molecule has 2 amide bonds. The maximum atomic E-state index is 12.8. The van der Waals surface area contributed by atoms with Crippen LogP contribution in [0.1, 0.15) is 12.0 Å². The fourth-order valence-corrected chi connectivity index (χ4v) is 5.01. The van der Waals surface area contributed by atoms with Gasteiger partial charge in [-0.1, -0.05) is 12.2 Å². The van der Waals surface area contributed by atoms with E-state index in [4.69, 9.17) is 0 Å². The first-order valence-electron chi connectivity index (χ1n) is 8.69. The van der Waals surface area contributed by atoms with E-state index in [1.54, 1.807) is 0 Å². The van der Waals surface area contributed by atoms with Gasteiger partial charge in [-0.25, -0.2) is 0 Å². The highest BCUT2D eigenvalue weighted by Crippen LogP contribution is 2.65. The minimum atomic E-state index is -0.803. The number of hydrazone groups is 1. The second kappa shape index (κ2) is 5.15. The number of amides is 2. The maximum Gasteiger partial charge on any atom is 0.311 e. The van der Waals surface area contributed by atoms with Crippen LogP contribution in [0.25, 0.3) is 0 Å². The average molecular weight is 369 g/mol. The molecule has 2 bridgehead atoms. The van der Waals surface area contributed by atoms with Crippen molar-refractivity contribution in [3.05, 3.63) is 40.0 Å². The summed E-state index contributed by atoms with van der Waals surface area (Å²) < 4.78 is 0. The zero-order valence-electron chi connectivity index (χ0n) is 13.9. The maximum absolute atomic E-state index is 12.8. The third-order valence-electron chi connectivity index (χ3n) is 6.27. The topological polar surface area (TPSA) is 133 Å². The molecule has 3 fully saturated rings. The Balaban J connectivity index is 1.46. The van der Waals surface area contributed by atoms with Gasteiger partial charge in [0.05, 0.1) is 23.0 Å². The SMILES string of the molecule is O=C1[C@@H]2[C@H]3C=C[C@@H]([C@@H]4C[C@H]34)[C@H]2C(=O)N1N=Cc1cc([N+](=O)[O-])c(O)cc1O. The number of phenols is 2. The van der Waals surface area contributed by atoms with Gasteiger partial charge in [-0.15, -0.1) is 0 Å². The fraction of sp³-hybridized carbons (Fsp3) is 0.389. The highest BCUT2D eigenvalue weighted by Gasteiger charge is 2.67. The number of rotatable bonds is 3. The minimum absolute atomic E-state index is 0.0704. The van der Waals surface area contributed by atoms with Crippen molar-refractivity contribution in [3.8, 4) is 11.5 Å². The normalized spacial score (nSPS) is 35.6. The zero-order valence-corrected chi connectivity index (χ0v) is 13.9. The molecule has 6 atom stereocenters. The van der Waals surface area contributed by atoms with Gasteiger partial charge < -0.3 is 10.2 Å². The average Bonchev–Trinajstić information content (AvgIpc) is 3.40. The molecule has 27 heavy (non-hydrogen) atoms. The largest absolute Gasteiger partial charge is 0.507 e. The van der Waals surface area contributed by atoms with Crippen LogP contribution in [0.3, 0.4) is 0 Å². The zero-order chi connectivity index (χ0) is 19.0. The molecule has 1 saturated heterocycles. The lowest BCUT2D eigenvalue weighted by molar-refractivity contribution is -0.385. The monoisotopic (exact) mass is 369 g/mol. The number of nitro benzene ring substituents is 1. The van der Waals surface area contributed by atoms with Gasteiger partial charge in [0.1, 0.15) is 5.75 Å². The quantitative estimate of drug-likeness (QED) is 0.272. The van der Waals surface area contributed by atoms with E-state index in [9.17, 15) is 29.9 Å². The number of carbonyl (C=O) groups is 2. The summed E-state index contributed by atoms with van der Waals surface area (Å²) in [6.07, 6.45) is 6.19. The third-order valence-corrected chi connectivity index (χ3v) is 6.27. The number of carbonyl (C=O) groups excluding carboxylic acids is 2. The molecular formula is C18H15N3O6. The Morgan fingerprint density at radius 3 is 2.22 bits per heavy atom. The van der Waals surface area contributed by atoms with Crippen LogP contribution in [0.5, 0.6) is 11.5 Å². The van der Waals surface area contributed by atoms with E-state index in [1.807, 2.05) is 12.2 Å². The molecule has 9 heteroatoms. The summed E-state index contributed by atoms with van der Waals surface area (Å²) in [5, 5.41) is 35.1. The van der Waals surface area contributed by atoms with Gasteiger partial charge in [-0.05, 0) is 30.1 Å². The minimum Gasteiger partial charge on any atom is -0.507 e. The smallest absolute Gasteiger partial charge is 0.311 e. The molecule has 4 aliphatic carbocycles. The van der Waals surface area contributed by atoms with Gasteiger partial charge in [0.15, 0.2) is 5.75 Å². The molecule has 1 aromatic carbocycles. The predicted octanol–water partition coefficient (Wildman–Crippen LogP) is 1.39. The van der Waals surface area contributed by atoms with Crippen LogP contribution in [0, 0.1) is 45.6 Å². The number of hydrogen-bond donors (Lipinski definition) is 2. The van der Waals surface area contributed by atoms with Crippen LogP contribution in [0.4, 0.5) is 5.69 Å². The van der Waals surface area contributed by atoms with Crippen LogP contribution in [0.15, 0.2) is 29.4 Å². The van der Waals surface area contributed by atoms with Crippen LogP contribution in [-0.2, 0) is 9.59 Å². The summed E-state index contributed by atoms with van der Waals surface area (Å²) in [6, 6.07) is 1.76. The lowest BCUT2D eigenvalue weighted by Gasteiger charge is -2.37. The van der Waals surface area contributed by atoms with Crippen molar-refractivity contribution < 1.29 is 24.7 Å². The van der Waals surface area contributed by atoms with Crippen molar-refractivity contribution in [1.82, 2.24) is 5.01 Å². The van der Waals surface area contributed by atoms with E-state index in [2.05, 4.69) is 5.10 Å². The molecule has 0 spiro atoms. The van der Waals surface area contributed by atoms with Crippen molar-refractivity contribution >= 4 is 23.7 Å². The molecule has 6 rings (SSSR count). The molecule has 138 valence electrons. The number of allylic oxidation sites excluding steroid dienone is 2. The van der Waals surface area contributed by atoms with Crippen LogP contribution >= 0.6 is 0 Å². The molecule has 9 nitrogen and oxygen atoms in total. The first kappa shape index (κ1) is 16.0. The number of nitrogens with zero attached hydrogens (tertiary/aromatic N) is 3. The second-order valence-corrected chi connectivity index (χ2v) is 7.54. The Morgan fingerprint density at radius 1 is 1.07 bits per heavy atom. The Kier molecular flexibility index (Phi) is 3.05. The van der Waals surface area contributed by atoms with E-state index in [-0.39, 0.29) is 29.2 Å². The van der Waals surface area contributed by atoms with Crippen molar-refractivity contribution in [3.63, 3.8) is 0 Å². The Labute approximate surface area is 152 Å². The summed E-state index contributed by atoms with van der Waals surface area (Å²) in [6.45, 7) is 0. The van der Waals surface area contributed by atoms with Gasteiger partial charge in [-0.2, -0.15) is 10.1 Å². The molecule has 2 N–H and O–H groups in total. The molecule has 5 aliphatic rings. The molecule has 1 heterocycles. The lowest BCUT2D eigenvalue weighted by atomic mass is 9.63. The number of nitro groups is 1. The lowest BCUT2D eigenvalue weighted by Crippen LogP contribution is -2.40. The molecule has 0 radical (unpaired) electrons. The Bertz CT molecular complexity index is 934. The fourth-order valence-electron chi connectivity index (χ4n) is 5.01. The molecular weight excluding hydrogens is 354 g/mol. The molecule has 1 aliphatic heterocycles. The highest BCUT2D eigenvalue weighted by atomic mass is 16.6. The summed E-state index contributed by atoms with van der Waals surface area (Å²) in [5.74, 6) is -1.53. The second-order valence-electron chi connectivity index (χ2n) is 7.54. The molecule has 0 aromatic heterocycles. The van der Waals surface area contributed by atoms with Gasteiger partial charge in [0, 0.05) is 17.7 Å². The third kappa shape index (κ3) is 2.08. The Hall–Kier alpha value is -3.23. The molecule has 1 aromatic rings. The van der Waals surface area contributed by atoms with E-state index in [0.29, 0.717) is 11.8 Å². The van der Waals surface area contributed by atoms with Gasteiger partial charge in [0.2, 0.25) is 0 Å². The molecule has 2 saturated carbocycles. The standard InChI is InChI=1S/C18H15N3O6/c22-13-5-14(23)12(21(26)27)3-7(13)6-19-20-17(24)15-8-1-2-9(11-4-10(8)11)16(15)18(20)25/h1-3,5-6,8-11,15-16,22-23H,4H2/t8-,9-,10-,11+,15+,16+/m0/s1. The summed E-state index contributed by atoms with van der Waals surface area (Å²) >= 11 is 0. The van der Waals surface area contributed by atoms with Crippen molar-refractivity contribution in [2.24, 2.45) is 40.6 Å². The summed E-state index contributed by atoms with van der Waals surface area (Å²) in [7, 11) is 0. The number of benzene rings is 1. The van der Waals surface area contributed by atoms with E-state index in [0.717, 1.165) is 29.8 Å². The van der Waals surface area contributed by atoms with E-state index >= 15 is 0 Å². The van der Waals surface area contributed by atoms with Crippen LogP contribution < -0.4 is 0 Å². The predicted molar refractivity (Wildman–Crippen MR) is 90.6 cm³/mol. The van der Waals surface area contributed by atoms with Crippen LogP contribution in [-0.4, -0.2) is 38.2 Å². The first-order valence-corrected chi connectivity index (χ1v) is 8.69. The van der Waals surface area contributed by atoms with Crippen molar-refractivity contribution in [2.45, 2.75) is 6.42 Å². The van der Waals surface area contributed by atoms with Crippen molar-refractivity contribution in [2.75, 3.05) is 0 Å². The number of imide groups is 1. The van der Waals surface area contributed by atoms with E-state index < -0.39 is 33.9 Å². The van der Waals surface area contributed by atoms with E-state index in [1.165, 1.54) is 0 Å². The first-order chi connectivity index (χ1) is 12.9. The van der Waals surface area contributed by atoms with Crippen LogP contribution in [0.2, 0.25) is 0 Å². The summed E-state index contributed by atoms with van der Waals surface area (Å²) in [5.41, 5.74) is -0.678. The Morgan fingerprint density at radius 2 is 1.67 bits per heavy atom.